The first kappa shape index (κ1) is 25.7. The Labute approximate surface area is 212 Å². The van der Waals surface area contributed by atoms with Crippen LogP contribution in [-0.2, 0) is 11.8 Å². The monoisotopic (exact) mass is 517 g/mol. The summed E-state index contributed by atoms with van der Waals surface area (Å²) in [5.41, 5.74) is 1.31. The molecule has 0 aliphatic carbocycles. The van der Waals surface area contributed by atoms with Gasteiger partial charge in [0, 0.05) is 57.1 Å². The number of aromatic nitrogens is 2. The number of aryl methyl sites for hydroxylation is 1. The van der Waals surface area contributed by atoms with Crippen LogP contribution in [0.4, 0.5) is 14.5 Å². The SMILES string of the molecule is Cn1ncc(Cl)c1-c1cc(NC(=O)c2ccc(F)cc2F)ccc1OCCN1CCN(CC=O)CC1. The van der Waals surface area contributed by atoms with Crippen molar-refractivity contribution in [1.29, 1.82) is 0 Å². The molecule has 0 bridgehead atoms. The fraction of sp³-hybridized carbons (Fsp3) is 0.320. The highest BCUT2D eigenvalue weighted by molar-refractivity contribution is 6.33. The van der Waals surface area contributed by atoms with E-state index in [1.807, 2.05) is 0 Å². The molecule has 4 rings (SSSR count). The van der Waals surface area contributed by atoms with Crippen LogP contribution in [0.2, 0.25) is 5.02 Å². The third kappa shape index (κ3) is 6.07. The van der Waals surface area contributed by atoms with Gasteiger partial charge >= 0.3 is 0 Å². The van der Waals surface area contributed by atoms with Crippen LogP contribution in [-0.4, -0.2) is 77.6 Å². The van der Waals surface area contributed by atoms with Crippen LogP contribution < -0.4 is 10.1 Å². The normalized spacial score (nSPS) is 14.6. The Kier molecular flexibility index (Phi) is 8.29. The molecular weight excluding hydrogens is 492 g/mol. The number of piperazine rings is 1. The molecule has 0 radical (unpaired) electrons. The molecule has 8 nitrogen and oxygen atoms in total. The molecule has 1 aromatic heterocycles. The number of hydrogen-bond donors (Lipinski definition) is 1. The predicted octanol–water partition coefficient (Wildman–Crippen LogP) is 3.47. The number of benzene rings is 2. The van der Waals surface area contributed by atoms with Gasteiger partial charge in [0.15, 0.2) is 0 Å². The first-order chi connectivity index (χ1) is 17.4. The van der Waals surface area contributed by atoms with Crippen molar-refractivity contribution >= 4 is 29.5 Å². The van der Waals surface area contributed by atoms with Gasteiger partial charge in [0.2, 0.25) is 0 Å². The van der Waals surface area contributed by atoms with E-state index < -0.39 is 17.5 Å². The summed E-state index contributed by atoms with van der Waals surface area (Å²) >= 11 is 6.39. The van der Waals surface area contributed by atoms with Gasteiger partial charge < -0.3 is 14.8 Å². The predicted molar refractivity (Wildman–Crippen MR) is 132 cm³/mol. The maximum absolute atomic E-state index is 14.1. The fourth-order valence-corrected chi connectivity index (χ4v) is 4.36. The van der Waals surface area contributed by atoms with Crippen LogP contribution in [0.15, 0.2) is 42.6 Å². The highest BCUT2D eigenvalue weighted by atomic mass is 35.5. The number of carbonyl (C=O) groups is 2. The molecule has 0 atom stereocenters. The van der Waals surface area contributed by atoms with E-state index in [9.17, 15) is 18.4 Å². The quantitative estimate of drug-likeness (QED) is 0.438. The maximum Gasteiger partial charge on any atom is 0.258 e. The molecule has 1 fully saturated rings. The van der Waals surface area contributed by atoms with Gasteiger partial charge in [-0.05, 0) is 30.3 Å². The van der Waals surface area contributed by atoms with Crippen LogP contribution in [0.5, 0.6) is 5.75 Å². The van der Waals surface area contributed by atoms with Crippen LogP contribution in [0.1, 0.15) is 10.4 Å². The minimum absolute atomic E-state index is 0.273. The van der Waals surface area contributed by atoms with Gasteiger partial charge in [0.25, 0.3) is 5.91 Å². The van der Waals surface area contributed by atoms with E-state index in [0.717, 1.165) is 44.6 Å². The van der Waals surface area contributed by atoms with Crippen molar-refractivity contribution < 1.29 is 23.1 Å². The number of carbonyl (C=O) groups excluding carboxylic acids is 2. The number of hydrogen-bond acceptors (Lipinski definition) is 6. The Morgan fingerprint density at radius 2 is 1.89 bits per heavy atom. The van der Waals surface area contributed by atoms with E-state index in [1.54, 1.807) is 29.9 Å². The number of rotatable bonds is 9. The lowest BCUT2D eigenvalue weighted by Crippen LogP contribution is -2.47. The number of amides is 1. The molecule has 2 aromatic carbocycles. The Balaban J connectivity index is 1.49. The molecule has 3 aromatic rings. The standard InChI is InChI=1S/C25H26ClF2N5O3/c1-31-24(21(26)16-29-31)20-15-18(30-25(35)19-4-2-17(27)14-22(19)28)3-5-23(20)36-13-11-33-8-6-32(7-9-33)10-12-34/h2-5,12,14-16H,6-11,13H2,1H3,(H,30,35). The van der Waals surface area contributed by atoms with Gasteiger partial charge in [-0.25, -0.2) is 8.78 Å². The molecule has 1 N–H and O–H groups in total. The van der Waals surface area contributed by atoms with E-state index in [-0.39, 0.29) is 5.56 Å². The second-order valence-electron chi connectivity index (χ2n) is 8.41. The van der Waals surface area contributed by atoms with Gasteiger partial charge in [-0.15, -0.1) is 0 Å². The first-order valence-corrected chi connectivity index (χ1v) is 11.8. The van der Waals surface area contributed by atoms with Gasteiger partial charge in [-0.2, -0.15) is 5.10 Å². The van der Waals surface area contributed by atoms with Crippen molar-refractivity contribution in [2.75, 3.05) is 51.2 Å². The first-order valence-electron chi connectivity index (χ1n) is 11.4. The van der Waals surface area contributed by atoms with Gasteiger partial charge in [-0.3, -0.25) is 19.3 Å². The summed E-state index contributed by atoms with van der Waals surface area (Å²) in [6.07, 6.45) is 2.44. The lowest BCUT2D eigenvalue weighted by Gasteiger charge is -2.33. The van der Waals surface area contributed by atoms with E-state index in [4.69, 9.17) is 16.3 Å². The summed E-state index contributed by atoms with van der Waals surface area (Å²) in [5.74, 6) is -1.88. The fourth-order valence-electron chi connectivity index (χ4n) is 4.09. The molecule has 1 saturated heterocycles. The highest BCUT2D eigenvalue weighted by Crippen LogP contribution is 2.36. The molecule has 1 amide bonds. The van der Waals surface area contributed by atoms with Crippen molar-refractivity contribution in [2.24, 2.45) is 7.05 Å². The molecule has 0 saturated carbocycles. The zero-order chi connectivity index (χ0) is 25.7. The summed E-state index contributed by atoms with van der Waals surface area (Å²) in [7, 11) is 1.74. The number of ether oxygens (including phenoxy) is 1. The minimum Gasteiger partial charge on any atom is -0.492 e. The van der Waals surface area contributed by atoms with E-state index in [2.05, 4.69) is 20.2 Å². The smallest absolute Gasteiger partial charge is 0.258 e. The van der Waals surface area contributed by atoms with Gasteiger partial charge in [0.05, 0.1) is 29.0 Å². The van der Waals surface area contributed by atoms with Crippen LogP contribution in [0, 0.1) is 11.6 Å². The van der Waals surface area contributed by atoms with E-state index in [0.29, 0.717) is 53.5 Å². The summed E-state index contributed by atoms with van der Waals surface area (Å²) in [6.45, 7) is 4.94. The zero-order valence-corrected chi connectivity index (χ0v) is 20.5. The molecule has 36 heavy (non-hydrogen) atoms. The van der Waals surface area contributed by atoms with Crippen molar-refractivity contribution in [3.63, 3.8) is 0 Å². The molecule has 1 aliphatic heterocycles. The summed E-state index contributed by atoms with van der Waals surface area (Å²) in [6, 6.07) is 7.80. The zero-order valence-electron chi connectivity index (χ0n) is 19.7. The summed E-state index contributed by atoms with van der Waals surface area (Å²) in [5, 5.41) is 7.23. The third-order valence-electron chi connectivity index (χ3n) is 6.03. The number of anilines is 1. The Morgan fingerprint density at radius 1 is 1.14 bits per heavy atom. The van der Waals surface area contributed by atoms with Crippen molar-refractivity contribution in [3.05, 3.63) is 64.8 Å². The topological polar surface area (TPSA) is 79.7 Å². The lowest BCUT2D eigenvalue weighted by molar-refractivity contribution is -0.109. The van der Waals surface area contributed by atoms with Crippen LogP contribution >= 0.6 is 11.6 Å². The van der Waals surface area contributed by atoms with E-state index >= 15 is 0 Å². The molecule has 2 heterocycles. The number of nitrogens with one attached hydrogen (secondary N) is 1. The molecule has 190 valence electrons. The molecule has 0 spiro atoms. The second kappa shape index (κ2) is 11.6. The van der Waals surface area contributed by atoms with Crippen molar-refractivity contribution in [2.45, 2.75) is 0 Å². The Hall–Kier alpha value is -3.34. The maximum atomic E-state index is 14.1. The molecular formula is C25H26ClF2N5O3. The largest absolute Gasteiger partial charge is 0.492 e. The van der Waals surface area contributed by atoms with Crippen LogP contribution in [0.25, 0.3) is 11.3 Å². The minimum atomic E-state index is -0.950. The second-order valence-corrected chi connectivity index (χ2v) is 8.82. The molecule has 1 aliphatic rings. The Bertz CT molecular complexity index is 1220. The van der Waals surface area contributed by atoms with Gasteiger partial charge in [-0.1, -0.05) is 11.6 Å². The average Bonchev–Trinajstić information content (AvgIpc) is 3.18. The van der Waals surface area contributed by atoms with Crippen molar-refractivity contribution in [3.8, 4) is 17.0 Å². The third-order valence-corrected chi connectivity index (χ3v) is 6.30. The van der Waals surface area contributed by atoms with E-state index in [1.165, 1.54) is 6.20 Å². The lowest BCUT2D eigenvalue weighted by atomic mass is 10.1. The molecule has 11 heteroatoms. The van der Waals surface area contributed by atoms with Crippen LogP contribution in [0.3, 0.4) is 0 Å². The average molecular weight is 518 g/mol. The highest BCUT2D eigenvalue weighted by Gasteiger charge is 2.19. The summed E-state index contributed by atoms with van der Waals surface area (Å²) < 4.78 is 35.0. The summed E-state index contributed by atoms with van der Waals surface area (Å²) in [4.78, 5) is 27.7. The number of nitrogens with zero attached hydrogens (tertiary/aromatic N) is 4. The Morgan fingerprint density at radius 3 is 2.56 bits per heavy atom. The van der Waals surface area contributed by atoms with Gasteiger partial charge in [0.1, 0.15) is 30.3 Å². The number of aldehydes is 1. The molecule has 0 unspecified atom stereocenters. The van der Waals surface area contributed by atoms with Crippen molar-refractivity contribution in [1.82, 2.24) is 19.6 Å². The number of halogens is 3.